The Morgan fingerprint density at radius 2 is 1.79 bits per heavy atom. The highest BCUT2D eigenvalue weighted by atomic mass is 32.2. The van der Waals surface area contributed by atoms with Gasteiger partial charge in [0.1, 0.15) is 5.69 Å². The van der Waals surface area contributed by atoms with Gasteiger partial charge in [0.2, 0.25) is 5.91 Å². The normalized spacial score (nSPS) is 12.0. The number of benzene rings is 2. The third-order valence-electron chi connectivity index (χ3n) is 5.02. The number of carbonyl (C=O) groups excluding carboxylic acids is 1. The molecule has 4 aromatic rings. The predicted octanol–water partition coefficient (Wildman–Crippen LogP) is 3.64. The third kappa shape index (κ3) is 5.01. The van der Waals surface area contributed by atoms with Crippen LogP contribution in [0.3, 0.4) is 0 Å². The van der Waals surface area contributed by atoms with Crippen molar-refractivity contribution in [2.24, 2.45) is 0 Å². The molecule has 0 aliphatic rings. The first-order chi connectivity index (χ1) is 15.9. The molecule has 0 spiro atoms. The number of amides is 1. The van der Waals surface area contributed by atoms with Crippen LogP contribution in [0.5, 0.6) is 0 Å². The first-order valence-electron chi connectivity index (χ1n) is 10.2. The predicted molar refractivity (Wildman–Crippen MR) is 132 cm³/mol. The Labute approximate surface area is 199 Å². The minimum Gasteiger partial charge on any atom is -0.386 e. The Morgan fingerprint density at radius 1 is 1.09 bits per heavy atom. The zero-order valence-corrected chi connectivity index (χ0v) is 20.2. The zero-order valence-electron chi connectivity index (χ0n) is 18.5. The molecule has 0 radical (unpaired) electrons. The summed E-state index contributed by atoms with van der Waals surface area (Å²) in [5, 5.41) is 13.2. The average Bonchev–Trinajstić information content (AvgIpc) is 3.15. The van der Waals surface area contributed by atoms with Crippen LogP contribution in [0.25, 0.3) is 21.3 Å². The second-order valence-electron chi connectivity index (χ2n) is 8.20. The summed E-state index contributed by atoms with van der Waals surface area (Å²) in [6.07, 6.45) is 1.50. The molecule has 9 nitrogen and oxygen atoms in total. The van der Waals surface area contributed by atoms with Crippen molar-refractivity contribution in [1.29, 1.82) is 0 Å². The largest absolute Gasteiger partial charge is 0.386 e. The molecule has 0 aliphatic carbocycles. The van der Waals surface area contributed by atoms with Crippen molar-refractivity contribution in [2.75, 3.05) is 10.0 Å². The summed E-state index contributed by atoms with van der Waals surface area (Å²) in [6.45, 7) is 4.61. The van der Waals surface area contributed by atoms with Crippen molar-refractivity contribution >= 4 is 48.3 Å². The van der Waals surface area contributed by atoms with Crippen LogP contribution in [-0.4, -0.2) is 29.4 Å². The number of rotatable bonds is 6. The maximum Gasteiger partial charge on any atom is 0.272 e. The Hall–Kier alpha value is -3.54. The summed E-state index contributed by atoms with van der Waals surface area (Å²) in [5.74, 6) is -0.216. The van der Waals surface area contributed by atoms with E-state index in [2.05, 4.69) is 20.0 Å². The van der Waals surface area contributed by atoms with Gasteiger partial charge in [-0.25, -0.2) is 13.4 Å². The number of thiazole rings is 1. The summed E-state index contributed by atoms with van der Waals surface area (Å²) in [4.78, 5) is 30.5. The molecule has 4 rings (SSSR count). The highest BCUT2D eigenvalue weighted by molar-refractivity contribution is 7.92. The van der Waals surface area contributed by atoms with Crippen LogP contribution in [-0.2, 0) is 20.4 Å². The molecule has 34 heavy (non-hydrogen) atoms. The molecular weight excluding hydrogens is 476 g/mol. The fourth-order valence-corrected chi connectivity index (χ4v) is 5.28. The van der Waals surface area contributed by atoms with E-state index in [1.807, 2.05) is 6.07 Å². The zero-order chi connectivity index (χ0) is 24.7. The molecule has 2 aromatic heterocycles. The average molecular weight is 499 g/mol. The molecule has 0 saturated carbocycles. The lowest BCUT2D eigenvalue weighted by atomic mass is 9.99. The van der Waals surface area contributed by atoms with Gasteiger partial charge >= 0.3 is 0 Å². The molecule has 2 aromatic carbocycles. The molecule has 0 bridgehead atoms. The van der Waals surface area contributed by atoms with E-state index >= 15 is 0 Å². The second-order valence-corrected chi connectivity index (χ2v) is 10.9. The van der Waals surface area contributed by atoms with E-state index in [4.69, 9.17) is 0 Å². The Bertz CT molecular complexity index is 1550. The highest BCUT2D eigenvalue weighted by Crippen LogP contribution is 2.31. The second kappa shape index (κ2) is 8.67. The number of hydrogen-bond donors (Lipinski definition) is 4. The number of H-pyrrole nitrogens is 1. The summed E-state index contributed by atoms with van der Waals surface area (Å²) in [6, 6.07) is 12.7. The topological polar surface area (TPSA) is 141 Å². The quantitative estimate of drug-likeness (QED) is 0.320. The van der Waals surface area contributed by atoms with E-state index in [1.54, 1.807) is 26.0 Å². The van der Waals surface area contributed by atoms with Gasteiger partial charge in [0.15, 0.2) is 5.13 Å². The molecule has 4 N–H and O–H groups in total. The van der Waals surface area contributed by atoms with E-state index in [0.29, 0.717) is 21.8 Å². The molecule has 176 valence electrons. The number of aromatic nitrogens is 2. The Balaban J connectivity index is 1.64. The van der Waals surface area contributed by atoms with Gasteiger partial charge in [-0.1, -0.05) is 29.5 Å². The van der Waals surface area contributed by atoms with Gasteiger partial charge in [-0.05, 0) is 55.3 Å². The number of sulfonamides is 1. The minimum atomic E-state index is -4.04. The molecule has 0 saturated heterocycles. The van der Waals surface area contributed by atoms with Gasteiger partial charge in [0.25, 0.3) is 15.6 Å². The summed E-state index contributed by atoms with van der Waals surface area (Å²) < 4.78 is 28.9. The lowest BCUT2D eigenvalue weighted by Gasteiger charge is -2.18. The number of aromatic amines is 1. The number of anilines is 2. The van der Waals surface area contributed by atoms with Crippen molar-refractivity contribution in [3.05, 3.63) is 70.6 Å². The maximum atomic E-state index is 12.9. The van der Waals surface area contributed by atoms with Gasteiger partial charge in [-0.2, -0.15) is 0 Å². The number of fused-ring (bicyclic) bond motifs is 1. The number of carbonyl (C=O) groups is 1. The third-order valence-corrected chi connectivity index (χ3v) is 7.34. The Kier molecular flexibility index (Phi) is 6.02. The minimum absolute atomic E-state index is 0.0399. The fraction of sp³-hybridized carbons (Fsp3) is 0.174. The van der Waals surface area contributed by atoms with Gasteiger partial charge in [-0.3, -0.25) is 14.3 Å². The van der Waals surface area contributed by atoms with Crippen LogP contribution in [0.4, 0.5) is 10.8 Å². The number of hydrogen-bond acceptors (Lipinski definition) is 7. The van der Waals surface area contributed by atoms with E-state index in [1.165, 1.54) is 54.8 Å². The molecule has 0 atom stereocenters. The molecule has 0 fully saturated rings. The van der Waals surface area contributed by atoms with Crippen LogP contribution >= 0.6 is 11.3 Å². The van der Waals surface area contributed by atoms with Crippen LogP contribution in [0.15, 0.2) is 64.4 Å². The number of pyridine rings is 1. The molecule has 0 unspecified atom stereocenters. The van der Waals surface area contributed by atoms with E-state index in [0.717, 1.165) is 10.3 Å². The fourth-order valence-electron chi connectivity index (χ4n) is 3.28. The summed E-state index contributed by atoms with van der Waals surface area (Å²) >= 11 is 1.31. The monoisotopic (exact) mass is 498 g/mol. The van der Waals surface area contributed by atoms with E-state index < -0.39 is 21.2 Å². The van der Waals surface area contributed by atoms with Crippen molar-refractivity contribution in [2.45, 2.75) is 31.3 Å². The van der Waals surface area contributed by atoms with Crippen LogP contribution in [0.1, 0.15) is 26.3 Å². The van der Waals surface area contributed by atoms with Crippen LogP contribution < -0.4 is 15.6 Å². The molecular formula is C23H22N4O5S2. The van der Waals surface area contributed by atoms with Crippen LogP contribution in [0, 0.1) is 0 Å². The van der Waals surface area contributed by atoms with Crippen molar-refractivity contribution in [3.8, 4) is 11.1 Å². The highest BCUT2D eigenvalue weighted by Gasteiger charge is 2.20. The van der Waals surface area contributed by atoms with E-state index in [-0.39, 0.29) is 16.5 Å². The first-order valence-corrected chi connectivity index (χ1v) is 12.5. The van der Waals surface area contributed by atoms with E-state index in [9.17, 15) is 23.1 Å². The SMILES string of the molecule is CC(=O)Nc1nc2ccc(-c3c[nH]c(=O)c(NS(=O)(=O)c4ccc(C(C)(C)O)cc4)c3)cc2s1. The molecule has 0 aliphatic heterocycles. The van der Waals surface area contributed by atoms with Crippen molar-refractivity contribution in [3.63, 3.8) is 0 Å². The van der Waals surface area contributed by atoms with Crippen molar-refractivity contribution < 1.29 is 18.3 Å². The van der Waals surface area contributed by atoms with Crippen LogP contribution in [0.2, 0.25) is 0 Å². The van der Waals surface area contributed by atoms with Gasteiger partial charge in [0.05, 0.1) is 20.7 Å². The number of nitrogens with one attached hydrogen (secondary N) is 3. The van der Waals surface area contributed by atoms with Gasteiger partial charge in [0, 0.05) is 18.7 Å². The van der Waals surface area contributed by atoms with Gasteiger partial charge < -0.3 is 15.4 Å². The Morgan fingerprint density at radius 3 is 2.44 bits per heavy atom. The van der Waals surface area contributed by atoms with Crippen molar-refractivity contribution in [1.82, 2.24) is 9.97 Å². The number of aliphatic hydroxyl groups is 1. The molecule has 11 heteroatoms. The number of nitrogens with zero attached hydrogens (tertiary/aromatic N) is 1. The first kappa shape index (κ1) is 23.6. The summed E-state index contributed by atoms with van der Waals surface area (Å²) in [7, 11) is -4.04. The smallest absolute Gasteiger partial charge is 0.272 e. The maximum absolute atomic E-state index is 12.9. The standard InChI is InChI=1S/C23H22N4O5S2/c1-13(28)25-22-26-18-9-4-14(11-20(18)33-22)15-10-19(21(29)24-12-15)27-34(31,32)17-7-5-16(6-8-17)23(2,3)30/h4-12,27,30H,1-3H3,(H,24,29)(H,25,26,28). The summed E-state index contributed by atoms with van der Waals surface area (Å²) in [5.41, 5.74) is 0.759. The van der Waals surface area contributed by atoms with Gasteiger partial charge in [-0.15, -0.1) is 0 Å². The molecule has 1 amide bonds. The molecule has 2 heterocycles. The lowest BCUT2D eigenvalue weighted by Crippen LogP contribution is -2.20. The lowest BCUT2D eigenvalue weighted by molar-refractivity contribution is -0.114.